The summed E-state index contributed by atoms with van der Waals surface area (Å²) in [6, 6.07) is 40.7. The van der Waals surface area contributed by atoms with Crippen molar-refractivity contribution < 1.29 is 46.1 Å². The second-order valence-corrected chi connectivity index (χ2v) is 15.1. The van der Waals surface area contributed by atoms with Crippen molar-refractivity contribution in [2.75, 3.05) is 0 Å². The topological polar surface area (TPSA) is 0 Å². The second kappa shape index (κ2) is 11.2. The van der Waals surface area contributed by atoms with E-state index in [4.69, 9.17) is 0 Å². The van der Waals surface area contributed by atoms with Crippen LogP contribution in [0, 0.1) is 0 Å². The van der Waals surface area contributed by atoms with Crippen molar-refractivity contribution in [1.29, 1.82) is 0 Å². The molecule has 0 amide bonds. The summed E-state index contributed by atoms with van der Waals surface area (Å²) in [6.07, 6.45) is 5.84. The number of hydrogen-bond donors (Lipinski definition) is 0. The molecule has 3 heteroatoms. The van der Waals surface area contributed by atoms with Crippen molar-refractivity contribution in [1.82, 2.24) is 0 Å². The summed E-state index contributed by atoms with van der Waals surface area (Å²) in [5, 5.41) is 0. The minimum Gasteiger partial charge on any atom is -1.00 e. The van der Waals surface area contributed by atoms with Crippen LogP contribution in [0.4, 0.5) is 0 Å². The smallest absolute Gasteiger partial charge is 1.00 e. The first-order valence-electron chi connectivity index (χ1n) is 11.7. The Bertz CT molecular complexity index is 1350. The van der Waals surface area contributed by atoms with Gasteiger partial charge in [0.15, 0.2) is 0 Å². The van der Waals surface area contributed by atoms with Crippen molar-refractivity contribution in [3.05, 3.63) is 152 Å². The van der Waals surface area contributed by atoms with E-state index in [9.17, 15) is 0 Å². The maximum atomic E-state index is 2.40. The Kier molecular flexibility index (Phi) is 8.23. The molecule has 0 N–H and O–H groups in total. The number of hydrogen-bond acceptors (Lipinski definition) is 0. The molecule has 6 rings (SSSR count). The van der Waals surface area contributed by atoms with E-state index < -0.39 is 21.3 Å². The Morgan fingerprint density at radius 3 is 1.54 bits per heavy atom. The third-order valence-electron chi connectivity index (χ3n) is 7.01. The molecule has 2 aliphatic rings. The molecule has 0 aliphatic heterocycles. The quantitative estimate of drug-likeness (QED) is 0.351. The molecule has 172 valence electrons. The number of benzene rings is 4. The van der Waals surface area contributed by atoms with Crippen LogP contribution in [0.3, 0.4) is 0 Å². The van der Waals surface area contributed by atoms with Crippen LogP contribution in [0.5, 0.6) is 0 Å². The van der Waals surface area contributed by atoms with Crippen LogP contribution in [-0.2, 0) is 21.3 Å². The Balaban J connectivity index is 0.00000144. The van der Waals surface area contributed by atoms with Crippen molar-refractivity contribution in [3.63, 3.8) is 0 Å². The Labute approximate surface area is 228 Å². The average molecular weight is 573 g/mol. The number of halogens is 2. The molecule has 4 aromatic carbocycles. The molecule has 0 spiro atoms. The third-order valence-corrected chi connectivity index (χ3v) is 15.8. The molecule has 0 bridgehead atoms. The van der Waals surface area contributed by atoms with Crippen LogP contribution in [0.25, 0.3) is 11.1 Å². The SMILES string of the molecule is CC1=[C]([Zr+2](=[C](c2ccccc2)c2ccccc2)[CH]2c3ccccc3-c3ccccc32)CC=C1.[Cl-].[Cl-]. The van der Waals surface area contributed by atoms with Gasteiger partial charge in [-0.05, 0) is 0 Å². The van der Waals surface area contributed by atoms with Gasteiger partial charge in [-0.2, -0.15) is 0 Å². The van der Waals surface area contributed by atoms with Gasteiger partial charge in [0.2, 0.25) is 0 Å². The van der Waals surface area contributed by atoms with Gasteiger partial charge < -0.3 is 24.8 Å². The Hall–Kier alpha value is -2.31. The van der Waals surface area contributed by atoms with Gasteiger partial charge in [0.1, 0.15) is 0 Å². The monoisotopic (exact) mass is 570 g/mol. The van der Waals surface area contributed by atoms with Gasteiger partial charge in [-0.25, -0.2) is 0 Å². The minimum absolute atomic E-state index is 0. The summed E-state index contributed by atoms with van der Waals surface area (Å²) in [7, 11) is 0. The minimum atomic E-state index is -2.52. The van der Waals surface area contributed by atoms with Crippen LogP contribution in [0.2, 0.25) is 0 Å². The first-order chi connectivity index (χ1) is 16.3. The van der Waals surface area contributed by atoms with Crippen LogP contribution in [-0.4, -0.2) is 3.21 Å². The molecular weight excluding hydrogens is 546 g/mol. The summed E-state index contributed by atoms with van der Waals surface area (Å²) in [4.78, 5) is 0. The third kappa shape index (κ3) is 4.63. The summed E-state index contributed by atoms with van der Waals surface area (Å²) >= 11 is -2.52. The van der Waals surface area contributed by atoms with Gasteiger partial charge in [-0.3, -0.25) is 0 Å². The van der Waals surface area contributed by atoms with E-state index in [1.807, 2.05) is 0 Å². The van der Waals surface area contributed by atoms with E-state index in [0.717, 1.165) is 6.42 Å². The molecule has 0 unspecified atom stereocenters. The summed E-state index contributed by atoms with van der Waals surface area (Å²) in [5.74, 6) is 0. The van der Waals surface area contributed by atoms with Gasteiger partial charge in [-0.15, -0.1) is 0 Å². The molecule has 4 aromatic rings. The fourth-order valence-electron chi connectivity index (χ4n) is 5.56. The Morgan fingerprint density at radius 1 is 0.629 bits per heavy atom. The normalized spacial score (nSPS) is 13.3. The standard InChI is InChI=1S/C13H9.C13H10.C6H7.2ClH.Zr/c1-3-7-12-10(5-1)9-11-6-2-4-8-13(11)12;1-3-7-12(8-4-1)11-13-9-5-2-6-10-13;1-6-4-2-3-5-6;;;/h1-9H;1-10H;2,4H,3H2,1H3;2*1H;/q;;;;;+2/p-2. The molecule has 0 heterocycles. The molecule has 2 aliphatic carbocycles. The van der Waals surface area contributed by atoms with E-state index in [0.29, 0.717) is 3.63 Å². The second-order valence-electron chi connectivity index (χ2n) is 8.90. The predicted octanol–water partition coefficient (Wildman–Crippen LogP) is 1.89. The van der Waals surface area contributed by atoms with E-state index in [2.05, 4.69) is 128 Å². The zero-order valence-electron chi connectivity index (χ0n) is 19.6. The van der Waals surface area contributed by atoms with Crippen LogP contribution >= 0.6 is 0 Å². The van der Waals surface area contributed by atoms with E-state index in [1.54, 1.807) is 6.49 Å². The molecule has 0 saturated heterocycles. The first kappa shape index (κ1) is 25.8. The average Bonchev–Trinajstić information content (AvgIpc) is 3.45. The maximum absolute atomic E-state index is 2.52. The summed E-state index contributed by atoms with van der Waals surface area (Å²) < 4.78 is 3.84. The molecule has 0 aromatic heterocycles. The zero-order valence-corrected chi connectivity index (χ0v) is 23.6. The number of allylic oxidation sites excluding steroid dienone is 4. The summed E-state index contributed by atoms with van der Waals surface area (Å²) in [6.45, 7) is 2.33. The molecule has 0 fully saturated rings. The van der Waals surface area contributed by atoms with Gasteiger partial charge in [-0.1, -0.05) is 0 Å². The number of rotatable bonds is 4. The maximum Gasteiger partial charge on any atom is -1.00 e. The van der Waals surface area contributed by atoms with Crippen molar-refractivity contribution in [2.24, 2.45) is 0 Å². The van der Waals surface area contributed by atoms with Gasteiger partial charge in [0, 0.05) is 0 Å². The zero-order chi connectivity index (χ0) is 22.2. The van der Waals surface area contributed by atoms with Crippen LogP contribution in [0.15, 0.2) is 130 Å². The van der Waals surface area contributed by atoms with Crippen molar-refractivity contribution >= 4 is 3.21 Å². The van der Waals surface area contributed by atoms with Crippen LogP contribution < -0.4 is 24.8 Å². The van der Waals surface area contributed by atoms with Crippen molar-refractivity contribution in [3.8, 4) is 11.1 Å². The van der Waals surface area contributed by atoms with E-state index in [1.165, 1.54) is 39.0 Å². The Morgan fingerprint density at radius 2 is 1.09 bits per heavy atom. The molecule has 0 saturated carbocycles. The molecule has 35 heavy (non-hydrogen) atoms. The molecule has 0 radical (unpaired) electrons. The van der Waals surface area contributed by atoms with E-state index >= 15 is 0 Å². The van der Waals surface area contributed by atoms with Gasteiger partial charge >= 0.3 is 205 Å². The largest absolute Gasteiger partial charge is 1.00 e. The summed E-state index contributed by atoms with van der Waals surface area (Å²) in [5.41, 5.74) is 10.2. The van der Waals surface area contributed by atoms with Gasteiger partial charge in [0.25, 0.3) is 0 Å². The fourth-order valence-corrected chi connectivity index (χ4v) is 15.1. The number of fused-ring (bicyclic) bond motifs is 3. The van der Waals surface area contributed by atoms with E-state index in [-0.39, 0.29) is 24.8 Å². The van der Waals surface area contributed by atoms with Crippen LogP contribution in [0.1, 0.15) is 39.2 Å². The molecule has 0 nitrogen and oxygen atoms in total. The first-order valence-corrected chi connectivity index (χ1v) is 15.6. The predicted molar refractivity (Wildman–Crippen MR) is 136 cm³/mol. The molecule has 0 atom stereocenters. The fraction of sp³-hybridized carbons (Fsp3) is 0.0938. The molecular formula is C32H26Cl2Zr. The van der Waals surface area contributed by atoms with Crippen molar-refractivity contribution in [2.45, 2.75) is 17.0 Å². The van der Waals surface area contributed by atoms with Gasteiger partial charge in [0.05, 0.1) is 0 Å².